The maximum atomic E-state index is 12.3. The van der Waals surface area contributed by atoms with Crippen molar-refractivity contribution in [2.45, 2.75) is 6.92 Å². The van der Waals surface area contributed by atoms with Gasteiger partial charge in [0.05, 0.1) is 5.56 Å². The molecule has 0 aromatic heterocycles. The van der Waals surface area contributed by atoms with Crippen LogP contribution in [0.25, 0.3) is 10.8 Å². The number of nitrogens with zero attached hydrogens (tertiary/aromatic N) is 1. The Labute approximate surface area is 114 Å². The smallest absolute Gasteiger partial charge is 0.336 e. The average molecular weight is 269 g/mol. The zero-order valence-electron chi connectivity index (χ0n) is 10.7. The second-order valence-electron chi connectivity index (χ2n) is 4.55. The van der Waals surface area contributed by atoms with E-state index < -0.39 is 5.97 Å². The Morgan fingerprint density at radius 3 is 2.35 bits per heavy atom. The third-order valence-electron chi connectivity index (χ3n) is 3.54. The number of hydrogen-bond donors (Lipinski definition) is 1. The highest BCUT2D eigenvalue weighted by molar-refractivity contribution is 6.27. The standard InChI is InChI=1S/C15H11NO4/c1-2-16-13(17)10-5-3-4-8-9(15(19)20)6-7-11(12(8)10)14(16)18/h3-7H,2H2,1H3,(H,19,20). The first kappa shape index (κ1) is 12.3. The SMILES string of the molecule is CCN1C(=O)c2cccc3c(C(=O)O)ccc(c23)C1=O. The van der Waals surface area contributed by atoms with Crippen molar-refractivity contribution in [2.24, 2.45) is 0 Å². The Morgan fingerprint density at radius 2 is 1.75 bits per heavy atom. The Kier molecular flexibility index (Phi) is 2.57. The monoisotopic (exact) mass is 269 g/mol. The summed E-state index contributed by atoms with van der Waals surface area (Å²) in [4.78, 5) is 37.0. The molecule has 0 saturated heterocycles. The number of carboxylic acid groups (broad SMARTS) is 1. The van der Waals surface area contributed by atoms with E-state index >= 15 is 0 Å². The number of benzene rings is 2. The van der Waals surface area contributed by atoms with Gasteiger partial charge in [-0.2, -0.15) is 0 Å². The minimum Gasteiger partial charge on any atom is -0.478 e. The fraction of sp³-hybridized carbons (Fsp3) is 0.133. The van der Waals surface area contributed by atoms with Gasteiger partial charge in [0.1, 0.15) is 0 Å². The summed E-state index contributed by atoms with van der Waals surface area (Å²) in [5.41, 5.74) is 0.847. The highest BCUT2D eigenvalue weighted by Gasteiger charge is 2.32. The summed E-state index contributed by atoms with van der Waals surface area (Å²) in [6.07, 6.45) is 0. The molecule has 5 heteroatoms. The van der Waals surface area contributed by atoms with Crippen LogP contribution in [-0.4, -0.2) is 34.3 Å². The Bertz CT molecular complexity index is 757. The van der Waals surface area contributed by atoms with E-state index in [1.165, 1.54) is 12.1 Å². The molecule has 0 radical (unpaired) electrons. The molecule has 0 atom stereocenters. The van der Waals surface area contributed by atoms with Gasteiger partial charge in [-0.15, -0.1) is 0 Å². The van der Waals surface area contributed by atoms with E-state index in [0.29, 0.717) is 21.9 Å². The van der Waals surface area contributed by atoms with Crippen LogP contribution in [-0.2, 0) is 0 Å². The third-order valence-corrected chi connectivity index (χ3v) is 3.54. The number of rotatable bonds is 2. The fourth-order valence-electron chi connectivity index (χ4n) is 2.62. The van der Waals surface area contributed by atoms with Crippen molar-refractivity contribution < 1.29 is 19.5 Å². The van der Waals surface area contributed by atoms with Gasteiger partial charge < -0.3 is 5.11 Å². The van der Waals surface area contributed by atoms with Crippen LogP contribution in [0.1, 0.15) is 38.0 Å². The molecule has 2 amide bonds. The first-order valence-electron chi connectivity index (χ1n) is 6.21. The lowest BCUT2D eigenvalue weighted by atomic mass is 9.91. The molecule has 20 heavy (non-hydrogen) atoms. The number of imide groups is 1. The van der Waals surface area contributed by atoms with Gasteiger partial charge >= 0.3 is 5.97 Å². The van der Waals surface area contributed by atoms with Gasteiger partial charge in [-0.05, 0) is 30.5 Å². The van der Waals surface area contributed by atoms with Gasteiger partial charge in [0.25, 0.3) is 11.8 Å². The van der Waals surface area contributed by atoms with Crippen molar-refractivity contribution in [2.75, 3.05) is 6.54 Å². The maximum absolute atomic E-state index is 12.3. The molecule has 1 heterocycles. The largest absolute Gasteiger partial charge is 0.478 e. The molecular formula is C15H11NO4. The summed E-state index contributed by atoms with van der Waals surface area (Å²) >= 11 is 0. The molecule has 3 rings (SSSR count). The molecule has 0 saturated carbocycles. The van der Waals surface area contributed by atoms with E-state index in [2.05, 4.69) is 0 Å². The number of amides is 2. The number of hydrogen-bond acceptors (Lipinski definition) is 3. The van der Waals surface area contributed by atoms with Gasteiger partial charge in [0.2, 0.25) is 0 Å². The molecule has 1 aliphatic rings. The molecule has 2 aromatic rings. The molecule has 1 N–H and O–H groups in total. The lowest BCUT2D eigenvalue weighted by molar-refractivity contribution is 0.0616. The minimum absolute atomic E-state index is 0.0937. The Morgan fingerprint density at radius 1 is 1.10 bits per heavy atom. The molecule has 5 nitrogen and oxygen atoms in total. The highest BCUT2D eigenvalue weighted by atomic mass is 16.4. The van der Waals surface area contributed by atoms with E-state index in [-0.39, 0.29) is 23.9 Å². The second kappa shape index (κ2) is 4.16. The van der Waals surface area contributed by atoms with Gasteiger partial charge in [-0.25, -0.2) is 4.79 Å². The predicted molar refractivity (Wildman–Crippen MR) is 71.9 cm³/mol. The quantitative estimate of drug-likeness (QED) is 0.848. The van der Waals surface area contributed by atoms with Gasteiger partial charge in [-0.3, -0.25) is 14.5 Å². The van der Waals surface area contributed by atoms with Crippen molar-refractivity contribution in [3.8, 4) is 0 Å². The molecule has 0 bridgehead atoms. The molecule has 0 unspecified atom stereocenters. The average Bonchev–Trinajstić information content (AvgIpc) is 2.44. The summed E-state index contributed by atoms with van der Waals surface area (Å²) in [5.74, 6) is -1.83. The Hall–Kier alpha value is -2.69. The summed E-state index contributed by atoms with van der Waals surface area (Å²) in [6.45, 7) is 2.01. The van der Waals surface area contributed by atoms with E-state index in [9.17, 15) is 19.5 Å². The van der Waals surface area contributed by atoms with Crippen molar-refractivity contribution >= 4 is 28.6 Å². The molecule has 0 spiro atoms. The molecule has 0 fully saturated rings. The summed E-state index contributed by atoms with van der Waals surface area (Å²) < 4.78 is 0. The molecule has 1 aliphatic heterocycles. The topological polar surface area (TPSA) is 74.7 Å². The zero-order valence-corrected chi connectivity index (χ0v) is 10.7. The van der Waals surface area contributed by atoms with Crippen molar-refractivity contribution in [3.63, 3.8) is 0 Å². The number of carbonyl (C=O) groups excluding carboxylic acids is 2. The van der Waals surface area contributed by atoms with E-state index in [1.54, 1.807) is 25.1 Å². The first-order chi connectivity index (χ1) is 9.56. The number of carbonyl (C=O) groups is 3. The van der Waals surface area contributed by atoms with Crippen LogP contribution < -0.4 is 0 Å². The van der Waals surface area contributed by atoms with Crippen LogP contribution in [0.15, 0.2) is 30.3 Å². The van der Waals surface area contributed by atoms with Crippen LogP contribution in [0, 0.1) is 0 Å². The van der Waals surface area contributed by atoms with Crippen LogP contribution in [0.3, 0.4) is 0 Å². The van der Waals surface area contributed by atoms with Crippen molar-refractivity contribution in [3.05, 3.63) is 47.0 Å². The zero-order chi connectivity index (χ0) is 14.4. The molecule has 2 aromatic carbocycles. The van der Waals surface area contributed by atoms with Crippen LogP contribution in [0.2, 0.25) is 0 Å². The maximum Gasteiger partial charge on any atom is 0.336 e. The van der Waals surface area contributed by atoms with Gasteiger partial charge in [0, 0.05) is 23.1 Å². The molecule has 100 valence electrons. The minimum atomic E-state index is -1.08. The fourth-order valence-corrected chi connectivity index (χ4v) is 2.62. The van der Waals surface area contributed by atoms with Crippen molar-refractivity contribution in [1.82, 2.24) is 4.90 Å². The lowest BCUT2D eigenvalue weighted by Gasteiger charge is -2.26. The first-order valence-corrected chi connectivity index (χ1v) is 6.21. The second-order valence-corrected chi connectivity index (χ2v) is 4.55. The normalized spacial score (nSPS) is 13.9. The summed E-state index contributed by atoms with van der Waals surface area (Å²) in [7, 11) is 0. The number of aromatic carboxylic acids is 1. The van der Waals surface area contributed by atoms with Gasteiger partial charge in [-0.1, -0.05) is 12.1 Å². The van der Waals surface area contributed by atoms with Crippen molar-refractivity contribution in [1.29, 1.82) is 0 Å². The predicted octanol–water partition coefficient (Wildman–Crippen LogP) is 2.15. The highest BCUT2D eigenvalue weighted by Crippen LogP contribution is 2.32. The summed E-state index contributed by atoms with van der Waals surface area (Å²) in [5, 5.41) is 10.1. The molecular weight excluding hydrogens is 258 g/mol. The molecule has 0 aliphatic carbocycles. The van der Waals surface area contributed by atoms with E-state index in [1.807, 2.05) is 0 Å². The van der Waals surface area contributed by atoms with E-state index in [4.69, 9.17) is 0 Å². The number of carboxylic acids is 1. The van der Waals surface area contributed by atoms with E-state index in [0.717, 1.165) is 4.90 Å². The summed E-state index contributed by atoms with van der Waals surface area (Å²) in [6, 6.07) is 7.76. The van der Waals surface area contributed by atoms with Gasteiger partial charge in [0.15, 0.2) is 0 Å². The lowest BCUT2D eigenvalue weighted by Crippen LogP contribution is -2.40. The third kappa shape index (κ3) is 1.46. The van der Waals surface area contributed by atoms with Crippen LogP contribution >= 0.6 is 0 Å². The van der Waals surface area contributed by atoms with Crippen LogP contribution in [0.5, 0.6) is 0 Å². The Balaban J connectivity index is 2.44. The van der Waals surface area contributed by atoms with Crippen LogP contribution in [0.4, 0.5) is 0 Å².